The minimum Gasteiger partial charge on any atom is -0.493 e. The number of nitrogens with zero attached hydrogens (tertiary/aromatic N) is 2. The van der Waals surface area contributed by atoms with Crippen molar-refractivity contribution in [2.24, 2.45) is 5.41 Å². The predicted octanol–water partition coefficient (Wildman–Crippen LogP) is 3.72. The van der Waals surface area contributed by atoms with Crippen LogP contribution in [0.15, 0.2) is 12.3 Å². The van der Waals surface area contributed by atoms with Gasteiger partial charge in [0.05, 0.1) is 18.7 Å². The van der Waals surface area contributed by atoms with Crippen LogP contribution in [0.3, 0.4) is 0 Å². The van der Waals surface area contributed by atoms with E-state index in [1.807, 2.05) is 4.68 Å². The van der Waals surface area contributed by atoms with Gasteiger partial charge in [0, 0.05) is 6.54 Å². The number of rotatable bonds is 3. The molecule has 0 N–H and O–H groups in total. The molecule has 1 aliphatic rings. The van der Waals surface area contributed by atoms with Crippen LogP contribution in [0.25, 0.3) is 5.57 Å². The van der Waals surface area contributed by atoms with Crippen LogP contribution in [-0.4, -0.2) is 22.3 Å². The van der Waals surface area contributed by atoms with Crippen LogP contribution in [0.4, 0.5) is 0 Å². The van der Waals surface area contributed by atoms with E-state index in [2.05, 4.69) is 31.9 Å². The lowest BCUT2D eigenvalue weighted by molar-refractivity contribution is 0.338. The Labute approximate surface area is 114 Å². The van der Waals surface area contributed by atoms with Crippen molar-refractivity contribution in [3.8, 4) is 5.75 Å². The van der Waals surface area contributed by atoms with Gasteiger partial charge in [0.1, 0.15) is 5.69 Å². The van der Waals surface area contributed by atoms with Crippen molar-refractivity contribution in [1.29, 1.82) is 0 Å². The lowest BCUT2D eigenvalue weighted by Crippen LogP contribution is -2.22. The zero-order chi connectivity index (χ0) is 13.3. The van der Waals surface area contributed by atoms with Gasteiger partial charge in [0.15, 0.2) is 5.75 Å². The zero-order valence-electron chi connectivity index (χ0n) is 11.5. The first-order chi connectivity index (χ1) is 8.46. The smallest absolute Gasteiger partial charge is 0.164 e. The second-order valence-corrected chi connectivity index (χ2v) is 6.19. The number of hydrogen-bond donors (Lipinski definition) is 0. The molecule has 0 aromatic carbocycles. The summed E-state index contributed by atoms with van der Waals surface area (Å²) in [7, 11) is 1.69. The fraction of sp³-hybridized carbons (Fsp3) is 0.643. The third-order valence-electron chi connectivity index (χ3n) is 3.43. The molecule has 0 bridgehead atoms. The SMILES string of the molecule is CCn1ncc(OC)c1C1=CC(Cl)CC(C)(C)C1. The van der Waals surface area contributed by atoms with Crippen molar-refractivity contribution < 1.29 is 4.74 Å². The van der Waals surface area contributed by atoms with Gasteiger partial charge in [-0.05, 0) is 30.8 Å². The molecule has 100 valence electrons. The number of allylic oxidation sites excluding steroid dienone is 2. The first kappa shape index (κ1) is 13.5. The second-order valence-electron chi connectivity index (χ2n) is 5.63. The fourth-order valence-corrected chi connectivity index (χ4v) is 3.27. The lowest BCUT2D eigenvalue weighted by Gasteiger charge is -2.32. The topological polar surface area (TPSA) is 27.1 Å². The molecular formula is C14H21ClN2O. The maximum atomic E-state index is 6.36. The maximum Gasteiger partial charge on any atom is 0.164 e. The fourth-order valence-electron chi connectivity index (χ4n) is 2.70. The summed E-state index contributed by atoms with van der Waals surface area (Å²) >= 11 is 6.36. The Kier molecular flexibility index (Phi) is 3.71. The molecule has 1 aromatic heterocycles. The van der Waals surface area contributed by atoms with E-state index >= 15 is 0 Å². The van der Waals surface area contributed by atoms with Gasteiger partial charge in [0.2, 0.25) is 0 Å². The van der Waals surface area contributed by atoms with Crippen LogP contribution in [0.2, 0.25) is 0 Å². The largest absolute Gasteiger partial charge is 0.493 e. The van der Waals surface area contributed by atoms with Gasteiger partial charge in [-0.3, -0.25) is 4.68 Å². The van der Waals surface area contributed by atoms with E-state index in [9.17, 15) is 0 Å². The highest BCUT2D eigenvalue weighted by Gasteiger charge is 2.30. The van der Waals surface area contributed by atoms with Crippen molar-refractivity contribution in [3.05, 3.63) is 18.0 Å². The Morgan fingerprint density at radius 2 is 2.28 bits per heavy atom. The number of halogens is 1. The van der Waals surface area contributed by atoms with Crippen molar-refractivity contribution in [2.75, 3.05) is 7.11 Å². The summed E-state index contributed by atoms with van der Waals surface area (Å²) in [5, 5.41) is 4.45. The molecule has 0 radical (unpaired) electrons. The van der Waals surface area contributed by atoms with E-state index < -0.39 is 0 Å². The minimum atomic E-state index is 0.0914. The summed E-state index contributed by atoms with van der Waals surface area (Å²) in [6.45, 7) is 7.44. The van der Waals surface area contributed by atoms with E-state index in [4.69, 9.17) is 16.3 Å². The molecule has 0 fully saturated rings. The monoisotopic (exact) mass is 268 g/mol. The summed E-state index contributed by atoms with van der Waals surface area (Å²) < 4.78 is 7.40. The highest BCUT2D eigenvalue weighted by molar-refractivity contribution is 6.22. The molecule has 0 aliphatic heterocycles. The summed E-state index contributed by atoms with van der Waals surface area (Å²) in [6.07, 6.45) is 5.96. The number of ether oxygens (including phenoxy) is 1. The highest BCUT2D eigenvalue weighted by Crippen LogP contribution is 2.43. The molecule has 0 saturated heterocycles. The van der Waals surface area contributed by atoms with Crippen LogP contribution >= 0.6 is 11.6 Å². The van der Waals surface area contributed by atoms with Gasteiger partial charge < -0.3 is 4.74 Å². The Morgan fingerprint density at radius 3 is 2.83 bits per heavy atom. The lowest BCUT2D eigenvalue weighted by atomic mass is 9.76. The predicted molar refractivity (Wildman–Crippen MR) is 75.1 cm³/mol. The average Bonchev–Trinajstić information content (AvgIpc) is 2.68. The molecule has 0 saturated carbocycles. The normalized spacial score (nSPS) is 22.7. The van der Waals surface area contributed by atoms with Crippen molar-refractivity contribution in [2.45, 2.75) is 45.5 Å². The first-order valence-electron chi connectivity index (χ1n) is 6.42. The number of aryl methyl sites for hydroxylation is 1. The number of hydrogen-bond acceptors (Lipinski definition) is 2. The number of aromatic nitrogens is 2. The third kappa shape index (κ3) is 2.56. The molecule has 4 heteroatoms. The minimum absolute atomic E-state index is 0.0914. The van der Waals surface area contributed by atoms with Crippen LogP contribution < -0.4 is 4.74 Å². The summed E-state index contributed by atoms with van der Waals surface area (Å²) in [6, 6.07) is 0. The van der Waals surface area contributed by atoms with Gasteiger partial charge in [0.25, 0.3) is 0 Å². The Balaban J connectivity index is 2.44. The molecule has 0 spiro atoms. The van der Waals surface area contributed by atoms with Gasteiger partial charge in [-0.25, -0.2) is 0 Å². The molecule has 1 heterocycles. The van der Waals surface area contributed by atoms with Crippen molar-refractivity contribution in [1.82, 2.24) is 9.78 Å². The van der Waals surface area contributed by atoms with Crippen LogP contribution in [-0.2, 0) is 6.54 Å². The molecule has 0 amide bonds. The van der Waals surface area contributed by atoms with Gasteiger partial charge in [-0.1, -0.05) is 19.9 Å². The Morgan fingerprint density at radius 1 is 1.56 bits per heavy atom. The maximum absolute atomic E-state index is 6.36. The zero-order valence-corrected chi connectivity index (χ0v) is 12.3. The molecule has 3 nitrogen and oxygen atoms in total. The van der Waals surface area contributed by atoms with E-state index in [0.29, 0.717) is 0 Å². The highest BCUT2D eigenvalue weighted by atomic mass is 35.5. The summed E-state index contributed by atoms with van der Waals surface area (Å²) in [4.78, 5) is 0. The van der Waals surface area contributed by atoms with E-state index in [-0.39, 0.29) is 10.8 Å². The second kappa shape index (κ2) is 4.96. The van der Waals surface area contributed by atoms with E-state index in [1.54, 1.807) is 13.3 Å². The molecule has 1 aliphatic carbocycles. The van der Waals surface area contributed by atoms with Crippen molar-refractivity contribution >= 4 is 17.2 Å². The molecular weight excluding hydrogens is 248 g/mol. The summed E-state index contributed by atoms with van der Waals surface area (Å²) in [5.41, 5.74) is 2.56. The van der Waals surface area contributed by atoms with Gasteiger partial charge in [-0.2, -0.15) is 5.10 Å². The van der Waals surface area contributed by atoms with Crippen molar-refractivity contribution in [3.63, 3.8) is 0 Å². The van der Waals surface area contributed by atoms with Crippen LogP contribution in [0.5, 0.6) is 5.75 Å². The molecule has 2 rings (SSSR count). The van der Waals surface area contributed by atoms with Crippen LogP contribution in [0, 0.1) is 5.41 Å². The Hall–Kier alpha value is -0.960. The average molecular weight is 269 g/mol. The van der Waals surface area contributed by atoms with Crippen LogP contribution in [0.1, 0.15) is 39.3 Å². The summed E-state index contributed by atoms with van der Waals surface area (Å²) in [5.74, 6) is 0.838. The number of methoxy groups -OCH3 is 1. The Bertz CT molecular complexity index is 441. The first-order valence-corrected chi connectivity index (χ1v) is 6.85. The third-order valence-corrected chi connectivity index (χ3v) is 3.71. The number of alkyl halides is 1. The standard InChI is InChI=1S/C14H21ClN2O/c1-5-17-13(12(18-4)9-16-17)10-6-11(15)8-14(2,3)7-10/h6,9,11H,5,7-8H2,1-4H3. The van der Waals surface area contributed by atoms with E-state index in [1.165, 1.54) is 5.57 Å². The van der Waals surface area contributed by atoms with Gasteiger partial charge in [-0.15, -0.1) is 11.6 Å². The molecule has 1 aromatic rings. The molecule has 18 heavy (non-hydrogen) atoms. The van der Waals surface area contributed by atoms with Gasteiger partial charge >= 0.3 is 0 Å². The quantitative estimate of drug-likeness (QED) is 0.781. The molecule has 1 unspecified atom stereocenters. The molecule has 1 atom stereocenters. The van der Waals surface area contributed by atoms with E-state index in [0.717, 1.165) is 30.8 Å².